The summed E-state index contributed by atoms with van der Waals surface area (Å²) in [5, 5.41) is 3.00. The van der Waals surface area contributed by atoms with Crippen molar-refractivity contribution in [2.75, 3.05) is 11.1 Å². The van der Waals surface area contributed by atoms with Crippen LogP contribution in [0.3, 0.4) is 0 Å². The van der Waals surface area contributed by atoms with E-state index in [0.717, 1.165) is 21.2 Å². The summed E-state index contributed by atoms with van der Waals surface area (Å²) in [6, 6.07) is 21.8. The van der Waals surface area contributed by atoms with Crippen molar-refractivity contribution in [2.24, 2.45) is 0 Å². The Bertz CT molecular complexity index is 773. The van der Waals surface area contributed by atoms with Gasteiger partial charge < -0.3 is 9.73 Å². The largest absolute Gasteiger partial charge is 0.468 e. The van der Waals surface area contributed by atoms with Crippen molar-refractivity contribution in [3.8, 4) is 0 Å². The second-order valence-corrected chi connectivity index (χ2v) is 7.13. The summed E-state index contributed by atoms with van der Waals surface area (Å²) < 4.78 is 5.26. The van der Waals surface area contributed by atoms with Gasteiger partial charge in [-0.1, -0.05) is 42.1 Å². The zero-order valence-corrected chi connectivity index (χ0v) is 14.6. The Hall–Kier alpha value is -2.11. The van der Waals surface area contributed by atoms with Crippen LogP contribution in [-0.2, 0) is 10.5 Å². The number of para-hydroxylation sites is 1. The molecule has 5 heteroatoms. The number of hydrogen-bond acceptors (Lipinski definition) is 4. The Balaban J connectivity index is 1.57. The number of furan rings is 1. The van der Waals surface area contributed by atoms with Crippen LogP contribution in [-0.4, -0.2) is 11.7 Å². The Kier molecular flexibility index (Phi) is 6.04. The van der Waals surface area contributed by atoms with E-state index in [-0.39, 0.29) is 5.91 Å². The van der Waals surface area contributed by atoms with Crippen molar-refractivity contribution < 1.29 is 9.21 Å². The van der Waals surface area contributed by atoms with Gasteiger partial charge in [0.15, 0.2) is 0 Å². The predicted octanol–water partition coefficient (Wildman–Crippen LogP) is 5.30. The minimum Gasteiger partial charge on any atom is -0.468 e. The number of nitrogens with one attached hydrogen (secondary N) is 1. The second kappa shape index (κ2) is 8.66. The van der Waals surface area contributed by atoms with E-state index in [1.165, 1.54) is 11.8 Å². The van der Waals surface area contributed by atoms with Crippen LogP contribution >= 0.6 is 23.5 Å². The molecule has 1 heterocycles. The predicted molar refractivity (Wildman–Crippen MR) is 101 cm³/mol. The van der Waals surface area contributed by atoms with Gasteiger partial charge in [0, 0.05) is 9.79 Å². The minimum atomic E-state index is -0.00679. The molecule has 24 heavy (non-hydrogen) atoms. The third kappa shape index (κ3) is 4.94. The van der Waals surface area contributed by atoms with Gasteiger partial charge in [0.1, 0.15) is 5.76 Å². The molecule has 122 valence electrons. The average Bonchev–Trinajstić information content (AvgIpc) is 3.11. The zero-order valence-electron chi connectivity index (χ0n) is 13.0. The van der Waals surface area contributed by atoms with Crippen molar-refractivity contribution >= 4 is 35.1 Å². The van der Waals surface area contributed by atoms with Gasteiger partial charge in [-0.3, -0.25) is 4.79 Å². The van der Waals surface area contributed by atoms with Crippen LogP contribution in [0.5, 0.6) is 0 Å². The van der Waals surface area contributed by atoms with Crippen LogP contribution in [0, 0.1) is 0 Å². The number of anilines is 1. The van der Waals surface area contributed by atoms with Crippen LogP contribution in [0.1, 0.15) is 5.76 Å². The molecule has 1 amide bonds. The second-order valence-electron chi connectivity index (χ2n) is 5.03. The quantitative estimate of drug-likeness (QED) is 0.624. The third-order valence-electron chi connectivity index (χ3n) is 3.19. The van der Waals surface area contributed by atoms with E-state index in [1.54, 1.807) is 18.0 Å². The van der Waals surface area contributed by atoms with Gasteiger partial charge in [0.2, 0.25) is 5.91 Å². The Labute approximate surface area is 149 Å². The molecule has 0 saturated heterocycles. The van der Waals surface area contributed by atoms with Crippen molar-refractivity contribution in [3.05, 3.63) is 78.8 Å². The molecule has 0 fully saturated rings. The lowest BCUT2D eigenvalue weighted by molar-refractivity contribution is -0.113. The fourth-order valence-electron chi connectivity index (χ4n) is 2.10. The molecule has 0 saturated carbocycles. The number of thioether (sulfide) groups is 1. The lowest BCUT2D eigenvalue weighted by Crippen LogP contribution is -2.14. The van der Waals surface area contributed by atoms with Crippen LogP contribution in [0.25, 0.3) is 0 Å². The Morgan fingerprint density at radius 1 is 0.958 bits per heavy atom. The molecule has 2 aromatic carbocycles. The van der Waals surface area contributed by atoms with E-state index in [0.29, 0.717) is 11.5 Å². The van der Waals surface area contributed by atoms with Crippen LogP contribution in [0.2, 0.25) is 0 Å². The fourth-order valence-corrected chi connectivity index (χ4v) is 3.75. The molecular weight excluding hydrogens is 338 g/mol. The standard InChI is InChI=1S/C19H17NO2S2/c21-19(14-23-13-15-7-6-12-22-15)20-17-10-4-5-11-18(17)24-16-8-2-1-3-9-16/h1-12H,13-14H2,(H,20,21). The third-order valence-corrected chi connectivity index (χ3v) is 5.23. The first-order valence-corrected chi connectivity index (χ1v) is 9.50. The average molecular weight is 355 g/mol. The molecule has 0 atom stereocenters. The van der Waals surface area contributed by atoms with Gasteiger partial charge in [-0.2, -0.15) is 0 Å². The molecule has 1 aromatic heterocycles. The maximum atomic E-state index is 12.2. The highest BCUT2D eigenvalue weighted by molar-refractivity contribution is 7.99. The number of amides is 1. The molecule has 0 bridgehead atoms. The smallest absolute Gasteiger partial charge is 0.234 e. The molecule has 3 aromatic rings. The summed E-state index contributed by atoms with van der Waals surface area (Å²) in [7, 11) is 0. The summed E-state index contributed by atoms with van der Waals surface area (Å²) in [6.07, 6.45) is 1.65. The van der Waals surface area contributed by atoms with Crippen LogP contribution in [0.4, 0.5) is 5.69 Å². The topological polar surface area (TPSA) is 42.2 Å². The fraction of sp³-hybridized carbons (Fsp3) is 0.105. The molecule has 3 rings (SSSR count). The molecule has 0 radical (unpaired) electrons. The lowest BCUT2D eigenvalue weighted by Gasteiger charge is -2.10. The number of rotatable bonds is 7. The summed E-state index contributed by atoms with van der Waals surface area (Å²) >= 11 is 3.18. The highest BCUT2D eigenvalue weighted by atomic mass is 32.2. The van der Waals surface area contributed by atoms with E-state index >= 15 is 0 Å². The lowest BCUT2D eigenvalue weighted by atomic mass is 10.3. The number of carbonyl (C=O) groups excluding carboxylic acids is 1. The van der Waals surface area contributed by atoms with Gasteiger partial charge in [-0.25, -0.2) is 0 Å². The first-order valence-electron chi connectivity index (χ1n) is 7.53. The van der Waals surface area contributed by atoms with E-state index in [2.05, 4.69) is 17.4 Å². The number of benzene rings is 2. The van der Waals surface area contributed by atoms with Crippen molar-refractivity contribution in [2.45, 2.75) is 15.5 Å². The highest BCUT2D eigenvalue weighted by Gasteiger charge is 2.08. The van der Waals surface area contributed by atoms with Crippen molar-refractivity contribution in [1.82, 2.24) is 0 Å². The summed E-state index contributed by atoms with van der Waals surface area (Å²) in [4.78, 5) is 14.4. The highest BCUT2D eigenvalue weighted by Crippen LogP contribution is 2.33. The van der Waals surface area contributed by atoms with Gasteiger partial charge in [0.05, 0.1) is 23.5 Å². The number of carbonyl (C=O) groups is 1. The molecule has 0 aliphatic rings. The van der Waals surface area contributed by atoms with Crippen molar-refractivity contribution in [3.63, 3.8) is 0 Å². The molecule has 0 aliphatic heterocycles. The molecule has 0 unspecified atom stereocenters. The molecule has 0 aliphatic carbocycles. The van der Waals surface area contributed by atoms with E-state index in [9.17, 15) is 4.79 Å². The van der Waals surface area contributed by atoms with Crippen LogP contribution in [0.15, 0.2) is 87.2 Å². The van der Waals surface area contributed by atoms with Gasteiger partial charge in [-0.05, 0) is 36.4 Å². The summed E-state index contributed by atoms with van der Waals surface area (Å²) in [6.45, 7) is 0. The molecular formula is C19H17NO2S2. The zero-order chi connectivity index (χ0) is 16.6. The SMILES string of the molecule is O=C(CSCc1ccco1)Nc1ccccc1Sc1ccccc1. The molecule has 1 N–H and O–H groups in total. The summed E-state index contributed by atoms with van der Waals surface area (Å²) in [5.41, 5.74) is 0.843. The monoisotopic (exact) mass is 355 g/mol. The van der Waals surface area contributed by atoms with Gasteiger partial charge in [0.25, 0.3) is 0 Å². The first-order chi connectivity index (χ1) is 11.8. The van der Waals surface area contributed by atoms with E-state index in [1.807, 2.05) is 54.6 Å². The summed E-state index contributed by atoms with van der Waals surface area (Å²) in [5.74, 6) is 1.96. The molecule has 0 spiro atoms. The Morgan fingerprint density at radius 2 is 1.75 bits per heavy atom. The normalized spacial score (nSPS) is 10.5. The number of hydrogen-bond donors (Lipinski definition) is 1. The van der Waals surface area contributed by atoms with Gasteiger partial charge in [-0.15, -0.1) is 11.8 Å². The maximum absolute atomic E-state index is 12.2. The van der Waals surface area contributed by atoms with Gasteiger partial charge >= 0.3 is 0 Å². The van der Waals surface area contributed by atoms with Crippen molar-refractivity contribution in [1.29, 1.82) is 0 Å². The first kappa shape index (κ1) is 16.7. The maximum Gasteiger partial charge on any atom is 0.234 e. The van der Waals surface area contributed by atoms with E-state index in [4.69, 9.17) is 4.42 Å². The van der Waals surface area contributed by atoms with E-state index < -0.39 is 0 Å². The Morgan fingerprint density at radius 3 is 2.54 bits per heavy atom. The molecule has 3 nitrogen and oxygen atoms in total. The minimum absolute atomic E-state index is 0.00679. The van der Waals surface area contributed by atoms with Crippen LogP contribution < -0.4 is 5.32 Å².